The van der Waals surface area contributed by atoms with E-state index < -0.39 is 15.4 Å². The Bertz CT molecular complexity index is 977. The lowest BCUT2D eigenvalue weighted by molar-refractivity contribution is -0.123. The molecule has 0 aliphatic heterocycles. The fourth-order valence-corrected chi connectivity index (χ4v) is 3.51. The molecule has 2 amide bonds. The number of amides is 2. The molecule has 0 heterocycles. The molecule has 0 fully saturated rings. The number of nitrogens with one attached hydrogen (secondary N) is 3. The molecule has 2 aromatic rings. The number of anilines is 1. The molecule has 162 valence electrons. The zero-order valence-electron chi connectivity index (χ0n) is 17.8. The van der Waals surface area contributed by atoms with Crippen molar-refractivity contribution in [1.82, 2.24) is 10.0 Å². The fraction of sp³-hybridized carbons (Fsp3) is 0.364. The van der Waals surface area contributed by atoms with Gasteiger partial charge in [-0.2, -0.15) is 0 Å². The SMILES string of the molecule is CCc1ccc(S(=O)(=O)NCCNC(=O)c2ccc(NC(=O)C(C)(C)C)cc2)cc1. The van der Waals surface area contributed by atoms with Gasteiger partial charge in [0.25, 0.3) is 5.91 Å². The van der Waals surface area contributed by atoms with E-state index >= 15 is 0 Å². The van der Waals surface area contributed by atoms with Crippen molar-refractivity contribution in [2.75, 3.05) is 18.4 Å². The van der Waals surface area contributed by atoms with Gasteiger partial charge in [-0.1, -0.05) is 39.8 Å². The number of aryl methyl sites for hydroxylation is 1. The molecule has 0 aliphatic carbocycles. The second-order valence-corrected chi connectivity index (χ2v) is 9.70. The molecule has 0 spiro atoms. The van der Waals surface area contributed by atoms with Crippen LogP contribution in [-0.2, 0) is 21.2 Å². The predicted octanol–water partition coefficient (Wildman–Crippen LogP) is 2.94. The lowest BCUT2D eigenvalue weighted by Crippen LogP contribution is -2.34. The van der Waals surface area contributed by atoms with E-state index in [9.17, 15) is 18.0 Å². The number of hydrogen-bond donors (Lipinski definition) is 3. The molecule has 0 radical (unpaired) electrons. The molecule has 0 saturated carbocycles. The molecule has 30 heavy (non-hydrogen) atoms. The fourth-order valence-electron chi connectivity index (χ4n) is 2.47. The third-order valence-electron chi connectivity index (χ3n) is 4.43. The second kappa shape index (κ2) is 9.86. The van der Waals surface area contributed by atoms with Gasteiger partial charge in [0.2, 0.25) is 15.9 Å². The van der Waals surface area contributed by atoms with Gasteiger partial charge in [-0.05, 0) is 48.4 Å². The molecule has 8 heteroatoms. The van der Waals surface area contributed by atoms with E-state index in [0.29, 0.717) is 11.3 Å². The van der Waals surface area contributed by atoms with E-state index in [1.165, 1.54) is 0 Å². The standard InChI is InChI=1S/C22H29N3O4S/c1-5-16-6-12-19(13-7-16)30(28,29)24-15-14-23-20(26)17-8-10-18(11-9-17)25-21(27)22(2,3)4/h6-13,24H,5,14-15H2,1-4H3,(H,23,26)(H,25,27). The second-order valence-electron chi connectivity index (χ2n) is 7.93. The minimum absolute atomic E-state index is 0.0727. The first-order chi connectivity index (χ1) is 14.0. The van der Waals surface area contributed by atoms with Crippen molar-refractivity contribution in [2.45, 2.75) is 39.0 Å². The molecular formula is C22H29N3O4S. The Morgan fingerprint density at radius 1 is 0.900 bits per heavy atom. The maximum absolute atomic E-state index is 12.3. The van der Waals surface area contributed by atoms with Gasteiger partial charge in [0.15, 0.2) is 0 Å². The first-order valence-electron chi connectivity index (χ1n) is 9.81. The summed E-state index contributed by atoms with van der Waals surface area (Å²) in [5, 5.41) is 5.46. The summed E-state index contributed by atoms with van der Waals surface area (Å²) in [7, 11) is -3.62. The van der Waals surface area contributed by atoms with E-state index in [-0.39, 0.29) is 29.8 Å². The smallest absolute Gasteiger partial charge is 0.251 e. The Hall–Kier alpha value is -2.71. The van der Waals surface area contributed by atoms with Gasteiger partial charge < -0.3 is 10.6 Å². The van der Waals surface area contributed by atoms with Crippen molar-refractivity contribution in [2.24, 2.45) is 5.41 Å². The average Bonchev–Trinajstić information content (AvgIpc) is 2.71. The normalized spacial score (nSPS) is 11.7. The number of hydrogen-bond acceptors (Lipinski definition) is 4. The van der Waals surface area contributed by atoms with Crippen LogP contribution in [0.3, 0.4) is 0 Å². The van der Waals surface area contributed by atoms with Crippen LogP contribution >= 0.6 is 0 Å². The molecule has 0 aromatic heterocycles. The first-order valence-corrected chi connectivity index (χ1v) is 11.3. The van der Waals surface area contributed by atoms with E-state index in [2.05, 4.69) is 15.4 Å². The number of carbonyl (C=O) groups excluding carboxylic acids is 2. The Morgan fingerprint density at radius 3 is 2.03 bits per heavy atom. The van der Waals surface area contributed by atoms with Crippen molar-refractivity contribution in [1.29, 1.82) is 0 Å². The van der Waals surface area contributed by atoms with Crippen molar-refractivity contribution < 1.29 is 18.0 Å². The van der Waals surface area contributed by atoms with Crippen molar-refractivity contribution in [3.05, 3.63) is 59.7 Å². The average molecular weight is 432 g/mol. The molecule has 0 bridgehead atoms. The van der Waals surface area contributed by atoms with Gasteiger partial charge in [0, 0.05) is 29.8 Å². The summed E-state index contributed by atoms with van der Waals surface area (Å²) >= 11 is 0. The molecular weight excluding hydrogens is 402 g/mol. The zero-order chi connectivity index (χ0) is 22.4. The van der Waals surface area contributed by atoms with Crippen LogP contribution in [0.4, 0.5) is 5.69 Å². The quantitative estimate of drug-likeness (QED) is 0.559. The molecule has 0 saturated heterocycles. The lowest BCUT2D eigenvalue weighted by Gasteiger charge is -2.17. The third-order valence-corrected chi connectivity index (χ3v) is 5.91. The zero-order valence-corrected chi connectivity index (χ0v) is 18.6. The van der Waals surface area contributed by atoms with E-state index in [4.69, 9.17) is 0 Å². The number of sulfonamides is 1. The molecule has 2 aromatic carbocycles. The minimum Gasteiger partial charge on any atom is -0.351 e. The van der Waals surface area contributed by atoms with Gasteiger partial charge in [0.1, 0.15) is 0 Å². The Balaban J connectivity index is 1.83. The lowest BCUT2D eigenvalue weighted by atomic mass is 9.95. The third kappa shape index (κ3) is 6.67. The van der Waals surface area contributed by atoms with Crippen molar-refractivity contribution in [3.63, 3.8) is 0 Å². The monoisotopic (exact) mass is 431 g/mol. The van der Waals surface area contributed by atoms with E-state index in [1.54, 1.807) is 48.5 Å². The number of carbonyl (C=O) groups is 2. The van der Waals surface area contributed by atoms with Gasteiger partial charge >= 0.3 is 0 Å². The highest BCUT2D eigenvalue weighted by molar-refractivity contribution is 7.89. The Kier molecular flexibility index (Phi) is 7.75. The number of benzene rings is 2. The summed E-state index contributed by atoms with van der Waals surface area (Å²) in [6.07, 6.45) is 0.837. The van der Waals surface area contributed by atoms with Crippen LogP contribution < -0.4 is 15.4 Å². The summed E-state index contributed by atoms with van der Waals surface area (Å²) < 4.78 is 27.0. The van der Waals surface area contributed by atoms with Gasteiger partial charge in [-0.15, -0.1) is 0 Å². The van der Waals surface area contributed by atoms with Crippen LogP contribution in [0.5, 0.6) is 0 Å². The van der Waals surface area contributed by atoms with Crippen LogP contribution in [-0.4, -0.2) is 33.3 Å². The van der Waals surface area contributed by atoms with Gasteiger partial charge in [0.05, 0.1) is 4.90 Å². The van der Waals surface area contributed by atoms with Crippen LogP contribution in [0.2, 0.25) is 0 Å². The highest BCUT2D eigenvalue weighted by Crippen LogP contribution is 2.17. The Morgan fingerprint density at radius 2 is 1.50 bits per heavy atom. The van der Waals surface area contributed by atoms with Crippen LogP contribution in [0.25, 0.3) is 0 Å². The largest absolute Gasteiger partial charge is 0.351 e. The summed E-state index contributed by atoms with van der Waals surface area (Å²) in [6, 6.07) is 13.2. The van der Waals surface area contributed by atoms with E-state index in [1.807, 2.05) is 27.7 Å². The van der Waals surface area contributed by atoms with Crippen LogP contribution in [0, 0.1) is 5.41 Å². The first kappa shape index (κ1) is 23.6. The summed E-state index contributed by atoms with van der Waals surface area (Å²) in [4.78, 5) is 24.4. The molecule has 0 unspecified atom stereocenters. The predicted molar refractivity (Wildman–Crippen MR) is 118 cm³/mol. The molecule has 0 aliphatic rings. The topological polar surface area (TPSA) is 104 Å². The highest BCUT2D eigenvalue weighted by Gasteiger charge is 2.21. The summed E-state index contributed by atoms with van der Waals surface area (Å²) in [6.45, 7) is 7.67. The summed E-state index contributed by atoms with van der Waals surface area (Å²) in [5.74, 6) is -0.438. The van der Waals surface area contributed by atoms with Crippen molar-refractivity contribution in [3.8, 4) is 0 Å². The van der Waals surface area contributed by atoms with Crippen LogP contribution in [0.1, 0.15) is 43.6 Å². The molecule has 7 nitrogen and oxygen atoms in total. The molecule has 0 atom stereocenters. The van der Waals surface area contributed by atoms with E-state index in [0.717, 1.165) is 12.0 Å². The maximum atomic E-state index is 12.3. The highest BCUT2D eigenvalue weighted by atomic mass is 32.2. The summed E-state index contributed by atoms with van der Waals surface area (Å²) in [5.41, 5.74) is 1.57. The maximum Gasteiger partial charge on any atom is 0.251 e. The van der Waals surface area contributed by atoms with Gasteiger partial charge in [-0.3, -0.25) is 9.59 Å². The number of rotatable bonds is 8. The molecule has 3 N–H and O–H groups in total. The molecule has 2 rings (SSSR count). The minimum atomic E-state index is -3.62. The van der Waals surface area contributed by atoms with Gasteiger partial charge in [-0.25, -0.2) is 13.1 Å². The van der Waals surface area contributed by atoms with Crippen LogP contribution in [0.15, 0.2) is 53.4 Å². The van der Waals surface area contributed by atoms with Crippen molar-refractivity contribution >= 4 is 27.5 Å². The Labute approximate surface area is 178 Å².